The average Bonchev–Trinajstić information content (AvgIpc) is 2.91. The van der Waals surface area contributed by atoms with Gasteiger partial charge in [-0.2, -0.15) is 0 Å². The van der Waals surface area contributed by atoms with E-state index in [1.807, 2.05) is 24.3 Å². The molecular formula is C18H16Cl2O4. The van der Waals surface area contributed by atoms with Crippen molar-refractivity contribution in [2.24, 2.45) is 0 Å². The first-order valence-corrected chi connectivity index (χ1v) is 8.29. The third-order valence-corrected chi connectivity index (χ3v) is 4.27. The van der Waals surface area contributed by atoms with Gasteiger partial charge in [0.2, 0.25) is 0 Å². The number of hydrogen-bond acceptors (Lipinski definition) is 4. The molecule has 0 aliphatic carbocycles. The SMILES string of the molecule is CC(=O)O[C@@H]1COc2cc(OCCc3ccc(Cl)cc3Cl)ccc21. The van der Waals surface area contributed by atoms with Crippen molar-refractivity contribution in [3.05, 3.63) is 57.6 Å². The van der Waals surface area contributed by atoms with Gasteiger partial charge in [-0.25, -0.2) is 0 Å². The topological polar surface area (TPSA) is 44.8 Å². The van der Waals surface area contributed by atoms with Crippen molar-refractivity contribution in [3.8, 4) is 11.5 Å². The molecule has 0 aromatic heterocycles. The number of halogens is 2. The summed E-state index contributed by atoms with van der Waals surface area (Å²) in [5.74, 6) is 1.06. The molecule has 3 rings (SSSR count). The van der Waals surface area contributed by atoms with E-state index in [0.717, 1.165) is 11.1 Å². The van der Waals surface area contributed by atoms with E-state index in [4.69, 9.17) is 37.4 Å². The summed E-state index contributed by atoms with van der Waals surface area (Å²) in [6, 6.07) is 10.9. The Labute approximate surface area is 150 Å². The van der Waals surface area contributed by atoms with E-state index in [1.54, 1.807) is 12.1 Å². The van der Waals surface area contributed by atoms with Gasteiger partial charge < -0.3 is 14.2 Å². The fourth-order valence-electron chi connectivity index (χ4n) is 2.55. The first kappa shape index (κ1) is 16.9. The number of rotatable bonds is 5. The number of ether oxygens (including phenoxy) is 3. The van der Waals surface area contributed by atoms with Gasteiger partial charge in [-0.1, -0.05) is 29.3 Å². The second kappa shape index (κ2) is 7.32. The average molecular weight is 367 g/mol. The Kier molecular flexibility index (Phi) is 5.17. The van der Waals surface area contributed by atoms with E-state index in [2.05, 4.69) is 0 Å². The highest BCUT2D eigenvalue weighted by molar-refractivity contribution is 6.35. The lowest BCUT2D eigenvalue weighted by Gasteiger charge is -2.10. The Bertz CT molecular complexity index is 761. The van der Waals surface area contributed by atoms with Gasteiger partial charge in [0, 0.05) is 35.0 Å². The lowest BCUT2D eigenvalue weighted by Crippen LogP contribution is -2.09. The van der Waals surface area contributed by atoms with Gasteiger partial charge in [-0.15, -0.1) is 0 Å². The van der Waals surface area contributed by atoms with Gasteiger partial charge >= 0.3 is 5.97 Å². The van der Waals surface area contributed by atoms with Gasteiger partial charge in [-0.3, -0.25) is 4.79 Å². The van der Waals surface area contributed by atoms with Crippen LogP contribution in [0, 0.1) is 0 Å². The van der Waals surface area contributed by atoms with Crippen LogP contribution in [-0.4, -0.2) is 19.2 Å². The van der Waals surface area contributed by atoms with Crippen LogP contribution < -0.4 is 9.47 Å². The second-order valence-electron chi connectivity index (χ2n) is 5.44. The quantitative estimate of drug-likeness (QED) is 0.724. The molecule has 0 N–H and O–H groups in total. The fourth-order valence-corrected chi connectivity index (χ4v) is 3.05. The summed E-state index contributed by atoms with van der Waals surface area (Å²) in [7, 11) is 0. The van der Waals surface area contributed by atoms with Crippen LogP contribution in [0.4, 0.5) is 0 Å². The molecular weight excluding hydrogens is 351 g/mol. The van der Waals surface area contributed by atoms with Gasteiger partial charge in [-0.05, 0) is 29.8 Å². The van der Waals surface area contributed by atoms with Crippen LogP contribution in [0.25, 0.3) is 0 Å². The molecule has 2 aromatic carbocycles. The first-order chi connectivity index (χ1) is 11.5. The summed E-state index contributed by atoms with van der Waals surface area (Å²) in [5, 5.41) is 1.25. The largest absolute Gasteiger partial charge is 0.493 e. The van der Waals surface area contributed by atoms with E-state index in [9.17, 15) is 4.79 Å². The third-order valence-electron chi connectivity index (χ3n) is 3.69. The monoisotopic (exact) mass is 366 g/mol. The molecule has 0 saturated heterocycles. The molecule has 2 aromatic rings. The minimum Gasteiger partial charge on any atom is -0.493 e. The fraction of sp³-hybridized carbons (Fsp3) is 0.278. The van der Waals surface area contributed by atoms with Crippen molar-refractivity contribution in [2.45, 2.75) is 19.4 Å². The lowest BCUT2D eigenvalue weighted by molar-refractivity contribution is -0.147. The number of hydrogen-bond donors (Lipinski definition) is 0. The second-order valence-corrected chi connectivity index (χ2v) is 6.29. The molecule has 0 saturated carbocycles. The van der Waals surface area contributed by atoms with Crippen molar-refractivity contribution in [2.75, 3.05) is 13.2 Å². The van der Waals surface area contributed by atoms with Gasteiger partial charge in [0.1, 0.15) is 18.1 Å². The Morgan fingerprint density at radius 2 is 2.08 bits per heavy atom. The van der Waals surface area contributed by atoms with Crippen molar-refractivity contribution in [3.63, 3.8) is 0 Å². The Morgan fingerprint density at radius 3 is 2.83 bits per heavy atom. The van der Waals surface area contributed by atoms with Crippen LogP contribution in [0.1, 0.15) is 24.2 Å². The molecule has 0 unspecified atom stereocenters. The van der Waals surface area contributed by atoms with Crippen LogP contribution in [0.15, 0.2) is 36.4 Å². The van der Waals surface area contributed by atoms with Crippen LogP contribution >= 0.6 is 23.2 Å². The van der Waals surface area contributed by atoms with E-state index in [0.29, 0.717) is 41.2 Å². The Balaban J connectivity index is 1.60. The maximum absolute atomic E-state index is 11.1. The summed E-state index contributed by atoms with van der Waals surface area (Å²) >= 11 is 12.0. The molecule has 0 spiro atoms. The molecule has 1 aliphatic rings. The molecule has 0 radical (unpaired) electrons. The number of carbonyl (C=O) groups excluding carboxylic acids is 1. The summed E-state index contributed by atoms with van der Waals surface area (Å²) < 4.78 is 16.5. The van der Waals surface area contributed by atoms with Gasteiger partial charge in [0.15, 0.2) is 6.10 Å². The van der Waals surface area contributed by atoms with E-state index >= 15 is 0 Å². The molecule has 4 nitrogen and oxygen atoms in total. The first-order valence-electron chi connectivity index (χ1n) is 7.53. The zero-order valence-electron chi connectivity index (χ0n) is 13.1. The predicted octanol–water partition coefficient (Wildman–Crippen LogP) is 4.61. The molecule has 126 valence electrons. The highest BCUT2D eigenvalue weighted by Gasteiger charge is 2.27. The molecule has 1 heterocycles. The Hall–Kier alpha value is -1.91. The van der Waals surface area contributed by atoms with Crippen molar-refractivity contribution < 1.29 is 19.0 Å². The molecule has 0 fully saturated rings. The molecule has 6 heteroatoms. The van der Waals surface area contributed by atoms with Crippen LogP contribution in [0.5, 0.6) is 11.5 Å². The molecule has 0 bridgehead atoms. The Morgan fingerprint density at radius 1 is 1.25 bits per heavy atom. The smallest absolute Gasteiger partial charge is 0.303 e. The minimum absolute atomic E-state index is 0.323. The van der Waals surface area contributed by atoms with Crippen LogP contribution in [0.3, 0.4) is 0 Å². The standard InChI is InChI=1S/C18H16Cl2O4/c1-11(21)24-18-10-23-17-9-14(4-5-15(17)18)22-7-6-12-2-3-13(19)8-16(12)20/h2-5,8-9,18H,6-7,10H2,1H3/t18-/m1/s1. The summed E-state index contributed by atoms with van der Waals surface area (Å²) in [6.45, 7) is 2.20. The number of carbonyl (C=O) groups is 1. The van der Waals surface area contributed by atoms with E-state index in [-0.39, 0.29) is 12.1 Å². The zero-order valence-corrected chi connectivity index (χ0v) is 14.6. The molecule has 1 atom stereocenters. The number of benzene rings is 2. The summed E-state index contributed by atoms with van der Waals surface area (Å²) in [6.07, 6.45) is 0.323. The van der Waals surface area contributed by atoms with Gasteiger partial charge in [0.05, 0.1) is 6.61 Å². The van der Waals surface area contributed by atoms with Crippen LogP contribution in [0.2, 0.25) is 10.0 Å². The lowest BCUT2D eigenvalue weighted by atomic mass is 10.1. The molecule has 24 heavy (non-hydrogen) atoms. The van der Waals surface area contributed by atoms with Crippen LogP contribution in [-0.2, 0) is 16.0 Å². The maximum atomic E-state index is 11.1. The van der Waals surface area contributed by atoms with Gasteiger partial charge in [0.25, 0.3) is 0 Å². The minimum atomic E-state index is -0.348. The highest BCUT2D eigenvalue weighted by atomic mass is 35.5. The summed E-state index contributed by atoms with van der Waals surface area (Å²) in [5.41, 5.74) is 1.84. The summed E-state index contributed by atoms with van der Waals surface area (Å²) in [4.78, 5) is 11.1. The predicted molar refractivity (Wildman–Crippen MR) is 92.1 cm³/mol. The number of fused-ring (bicyclic) bond motifs is 1. The highest BCUT2D eigenvalue weighted by Crippen LogP contribution is 2.37. The normalized spacial score (nSPS) is 15.5. The van der Waals surface area contributed by atoms with E-state index in [1.165, 1.54) is 6.92 Å². The van der Waals surface area contributed by atoms with Crippen molar-refractivity contribution in [1.82, 2.24) is 0 Å². The van der Waals surface area contributed by atoms with Crippen molar-refractivity contribution >= 4 is 29.2 Å². The van der Waals surface area contributed by atoms with E-state index < -0.39 is 0 Å². The molecule has 1 aliphatic heterocycles. The molecule has 0 amide bonds. The zero-order chi connectivity index (χ0) is 17.1. The van der Waals surface area contributed by atoms with Crippen molar-refractivity contribution in [1.29, 1.82) is 0 Å². The number of esters is 1. The third kappa shape index (κ3) is 3.94. The maximum Gasteiger partial charge on any atom is 0.303 e.